The van der Waals surface area contributed by atoms with Crippen LogP contribution in [0.1, 0.15) is 5.56 Å². The van der Waals surface area contributed by atoms with Gasteiger partial charge in [0.1, 0.15) is 0 Å². The van der Waals surface area contributed by atoms with Crippen LogP contribution in [0.25, 0.3) is 0 Å². The van der Waals surface area contributed by atoms with Crippen LogP contribution in [0, 0.1) is 11.3 Å². The van der Waals surface area contributed by atoms with E-state index in [1.165, 1.54) is 20.2 Å². The third kappa shape index (κ3) is 4.67. The van der Waals surface area contributed by atoms with Crippen LogP contribution in [-0.2, 0) is 15.0 Å². The third-order valence-corrected chi connectivity index (χ3v) is 3.64. The minimum absolute atomic E-state index is 0.378. The largest absolute Gasteiger partial charge is 0.325 e. The molecule has 19 heavy (non-hydrogen) atoms. The molecule has 0 aliphatic rings. The van der Waals surface area contributed by atoms with E-state index < -0.39 is 16.1 Å². The lowest BCUT2D eigenvalue weighted by atomic mass is 10.2. The van der Waals surface area contributed by atoms with E-state index in [2.05, 4.69) is 10.0 Å². The highest BCUT2D eigenvalue weighted by atomic mass is 32.2. The Balaban J connectivity index is 2.59. The normalized spacial score (nSPS) is 11.1. The van der Waals surface area contributed by atoms with E-state index in [0.29, 0.717) is 11.3 Å². The molecule has 0 heterocycles. The molecule has 2 N–H and O–H groups in total. The van der Waals surface area contributed by atoms with Crippen LogP contribution >= 0.6 is 0 Å². The number of nitrogens with one attached hydrogen (secondary N) is 2. The molecule has 0 atom stereocenters. The topological polar surface area (TPSA) is 102 Å². The molecule has 0 unspecified atom stereocenters. The molecule has 1 aromatic rings. The van der Waals surface area contributed by atoms with Gasteiger partial charge in [-0.15, -0.1) is 0 Å². The van der Waals surface area contributed by atoms with Crippen LogP contribution in [0.4, 0.5) is 5.69 Å². The molecular weight excluding hydrogens is 268 g/mol. The Labute approximate surface area is 112 Å². The van der Waals surface area contributed by atoms with Gasteiger partial charge in [-0.2, -0.15) is 22.7 Å². The summed E-state index contributed by atoms with van der Waals surface area (Å²) in [4.78, 5) is 11.5. The average molecular weight is 282 g/mol. The van der Waals surface area contributed by atoms with Gasteiger partial charge in [0.05, 0.1) is 18.2 Å². The molecule has 7 nitrogen and oxygen atoms in total. The lowest BCUT2D eigenvalue weighted by Crippen LogP contribution is -2.40. The van der Waals surface area contributed by atoms with Gasteiger partial charge in [0, 0.05) is 19.8 Å². The van der Waals surface area contributed by atoms with Gasteiger partial charge >= 0.3 is 0 Å². The van der Waals surface area contributed by atoms with Gasteiger partial charge in [-0.1, -0.05) is 6.07 Å². The highest BCUT2D eigenvalue weighted by Gasteiger charge is 2.14. The molecule has 0 aliphatic carbocycles. The van der Waals surface area contributed by atoms with E-state index in [1.54, 1.807) is 18.2 Å². The van der Waals surface area contributed by atoms with E-state index in [1.807, 2.05) is 6.07 Å². The predicted molar refractivity (Wildman–Crippen MR) is 70.4 cm³/mol. The zero-order valence-corrected chi connectivity index (χ0v) is 11.4. The summed E-state index contributed by atoms with van der Waals surface area (Å²) in [5.74, 6) is -0.513. The number of hydrogen-bond acceptors (Lipinski definition) is 4. The number of rotatable bonds is 5. The van der Waals surface area contributed by atoms with Crippen LogP contribution in [0.5, 0.6) is 0 Å². The van der Waals surface area contributed by atoms with Crippen LogP contribution in [0.2, 0.25) is 0 Å². The first-order valence-electron chi connectivity index (χ1n) is 5.32. The smallest absolute Gasteiger partial charge is 0.279 e. The molecule has 0 spiro atoms. The van der Waals surface area contributed by atoms with E-state index in [-0.39, 0.29) is 6.54 Å². The van der Waals surface area contributed by atoms with E-state index in [0.717, 1.165) is 4.31 Å². The van der Waals surface area contributed by atoms with Gasteiger partial charge in [-0.05, 0) is 18.2 Å². The molecule has 1 rings (SSSR count). The molecule has 0 saturated heterocycles. The highest BCUT2D eigenvalue weighted by Crippen LogP contribution is 2.09. The summed E-state index contributed by atoms with van der Waals surface area (Å²) in [5.41, 5.74) is 0.847. The number of carbonyl (C=O) groups is 1. The Morgan fingerprint density at radius 3 is 2.68 bits per heavy atom. The fourth-order valence-electron chi connectivity index (χ4n) is 1.16. The van der Waals surface area contributed by atoms with Crippen molar-refractivity contribution in [2.45, 2.75) is 0 Å². The second-order valence-corrected chi connectivity index (χ2v) is 5.82. The van der Waals surface area contributed by atoms with Crippen molar-refractivity contribution in [2.24, 2.45) is 0 Å². The molecule has 0 saturated carbocycles. The molecule has 0 aromatic heterocycles. The summed E-state index contributed by atoms with van der Waals surface area (Å²) in [6.07, 6.45) is 0. The number of carbonyl (C=O) groups excluding carboxylic acids is 1. The highest BCUT2D eigenvalue weighted by molar-refractivity contribution is 7.87. The Bertz CT molecular complexity index is 605. The van der Waals surface area contributed by atoms with Crippen LogP contribution < -0.4 is 10.0 Å². The number of nitriles is 1. The molecule has 0 radical (unpaired) electrons. The number of anilines is 1. The summed E-state index contributed by atoms with van der Waals surface area (Å²) in [6, 6.07) is 8.28. The Morgan fingerprint density at radius 2 is 2.11 bits per heavy atom. The van der Waals surface area contributed by atoms with Crippen molar-refractivity contribution in [1.29, 1.82) is 5.26 Å². The first-order valence-corrected chi connectivity index (χ1v) is 6.76. The monoisotopic (exact) mass is 282 g/mol. The molecule has 8 heteroatoms. The Hall–Kier alpha value is -1.95. The number of benzene rings is 1. The van der Waals surface area contributed by atoms with Crippen LogP contribution in [0.15, 0.2) is 24.3 Å². The lowest BCUT2D eigenvalue weighted by Gasteiger charge is -2.12. The fraction of sp³-hybridized carbons (Fsp3) is 0.273. The SMILES string of the molecule is CN(C)S(=O)(=O)NCC(=O)Nc1cccc(C#N)c1. The number of nitrogens with zero attached hydrogens (tertiary/aromatic N) is 2. The number of hydrogen-bond donors (Lipinski definition) is 2. The summed E-state index contributed by atoms with van der Waals surface area (Å²) >= 11 is 0. The lowest BCUT2D eigenvalue weighted by molar-refractivity contribution is -0.115. The van der Waals surface area contributed by atoms with Crippen molar-refractivity contribution < 1.29 is 13.2 Å². The fourth-order valence-corrected chi connectivity index (χ4v) is 1.73. The Morgan fingerprint density at radius 1 is 1.42 bits per heavy atom. The summed E-state index contributed by atoms with van der Waals surface area (Å²) in [5, 5.41) is 11.2. The van der Waals surface area contributed by atoms with Crippen LogP contribution in [0.3, 0.4) is 0 Å². The summed E-state index contributed by atoms with van der Waals surface area (Å²) in [6.45, 7) is -0.378. The van der Waals surface area contributed by atoms with Crippen molar-refractivity contribution in [1.82, 2.24) is 9.03 Å². The molecule has 0 bridgehead atoms. The zero-order valence-electron chi connectivity index (χ0n) is 10.5. The maximum absolute atomic E-state index is 11.5. The second kappa shape index (κ2) is 6.29. The van der Waals surface area contributed by atoms with Gasteiger partial charge < -0.3 is 5.32 Å². The van der Waals surface area contributed by atoms with Crippen LogP contribution in [-0.4, -0.2) is 39.3 Å². The summed E-state index contributed by atoms with van der Waals surface area (Å²) < 4.78 is 25.9. The zero-order chi connectivity index (χ0) is 14.5. The predicted octanol–water partition coefficient (Wildman–Crippen LogP) is -0.107. The number of amides is 1. The van der Waals surface area contributed by atoms with Crippen molar-refractivity contribution >= 4 is 21.8 Å². The average Bonchev–Trinajstić information content (AvgIpc) is 2.36. The molecule has 1 aromatic carbocycles. The molecule has 1 amide bonds. The van der Waals surface area contributed by atoms with Gasteiger partial charge in [0.25, 0.3) is 10.2 Å². The molecule has 102 valence electrons. The maximum Gasteiger partial charge on any atom is 0.279 e. The molecule has 0 aliphatic heterocycles. The first-order chi connectivity index (χ1) is 8.85. The maximum atomic E-state index is 11.5. The van der Waals surface area contributed by atoms with Crippen molar-refractivity contribution in [2.75, 3.05) is 26.0 Å². The van der Waals surface area contributed by atoms with Gasteiger partial charge in [-0.3, -0.25) is 4.79 Å². The quantitative estimate of drug-likeness (QED) is 0.786. The van der Waals surface area contributed by atoms with Crippen molar-refractivity contribution in [3.05, 3.63) is 29.8 Å². The van der Waals surface area contributed by atoms with E-state index in [4.69, 9.17) is 5.26 Å². The van der Waals surface area contributed by atoms with E-state index in [9.17, 15) is 13.2 Å². The standard InChI is InChI=1S/C11H14N4O3S/c1-15(2)19(17,18)13-8-11(16)14-10-5-3-4-9(6-10)7-12/h3-6,13H,8H2,1-2H3,(H,14,16). The van der Waals surface area contributed by atoms with Gasteiger partial charge in [0.2, 0.25) is 5.91 Å². The third-order valence-electron chi connectivity index (χ3n) is 2.17. The second-order valence-electron chi connectivity index (χ2n) is 3.85. The first kappa shape index (κ1) is 15.1. The van der Waals surface area contributed by atoms with Gasteiger partial charge in [-0.25, -0.2) is 0 Å². The Kier molecular flexibility index (Phi) is 5.00. The van der Waals surface area contributed by atoms with E-state index >= 15 is 0 Å². The van der Waals surface area contributed by atoms with Gasteiger partial charge in [0.15, 0.2) is 0 Å². The summed E-state index contributed by atoms with van der Waals surface area (Å²) in [7, 11) is -0.913. The van der Waals surface area contributed by atoms with Crippen molar-refractivity contribution in [3.8, 4) is 6.07 Å². The minimum atomic E-state index is -3.63. The minimum Gasteiger partial charge on any atom is -0.325 e. The van der Waals surface area contributed by atoms with Crippen molar-refractivity contribution in [3.63, 3.8) is 0 Å². The molecule has 0 fully saturated rings. The molecular formula is C11H14N4O3S.